The molecule has 0 fully saturated rings. The Morgan fingerprint density at radius 1 is 1.33 bits per heavy atom. The van der Waals surface area contributed by atoms with E-state index in [0.717, 1.165) is 24.1 Å². The molecule has 1 aliphatic heterocycles. The predicted molar refractivity (Wildman–Crippen MR) is 88.1 cm³/mol. The van der Waals surface area contributed by atoms with E-state index in [1.807, 2.05) is 6.07 Å². The fourth-order valence-electron chi connectivity index (χ4n) is 2.38. The summed E-state index contributed by atoms with van der Waals surface area (Å²) in [6.07, 6.45) is 2.12. The number of fused-ring (bicyclic) bond motifs is 1. The number of halogens is 1. The number of Topliss-reactive ketones (excluding diaryl/α,β-unsaturated/α-hetero) is 1. The highest BCUT2D eigenvalue weighted by Crippen LogP contribution is 2.52. The highest BCUT2D eigenvalue weighted by Gasteiger charge is 2.32. The van der Waals surface area contributed by atoms with Gasteiger partial charge < -0.3 is 0 Å². The molecule has 7 heteroatoms. The smallest absolute Gasteiger partial charge is 0.162 e. The predicted octanol–water partition coefficient (Wildman–Crippen LogP) is 3.74. The molecule has 2 rings (SSSR count). The molecule has 118 valence electrons. The van der Waals surface area contributed by atoms with Crippen LogP contribution in [0.25, 0.3) is 0 Å². The van der Waals surface area contributed by atoms with E-state index in [0.29, 0.717) is 24.4 Å². The molecule has 1 aliphatic rings. The Hall–Kier alpha value is -0.790. The van der Waals surface area contributed by atoms with Crippen LogP contribution in [0.1, 0.15) is 35.2 Å². The van der Waals surface area contributed by atoms with Crippen LogP contribution in [0.3, 0.4) is 0 Å². The highest BCUT2D eigenvalue weighted by molar-refractivity contribution is 8.23. The van der Waals surface area contributed by atoms with Crippen LogP contribution in [-0.4, -0.2) is 39.2 Å². The van der Waals surface area contributed by atoms with Crippen molar-refractivity contribution in [3.8, 4) is 0 Å². The number of hydrogen-bond acceptors (Lipinski definition) is 5. The summed E-state index contributed by atoms with van der Waals surface area (Å²) in [7, 11) is 0.364. The number of ketones is 1. The average molecular weight is 333 g/mol. The van der Waals surface area contributed by atoms with Gasteiger partial charge in [-0.15, -0.1) is 11.6 Å². The van der Waals surface area contributed by atoms with Crippen molar-refractivity contribution in [1.29, 1.82) is 0 Å². The molecular weight excluding hydrogens is 312 g/mol. The van der Waals surface area contributed by atoms with Gasteiger partial charge in [-0.3, -0.25) is 18.2 Å². The second-order valence-corrected chi connectivity index (χ2v) is 7.71. The van der Waals surface area contributed by atoms with Crippen LogP contribution in [0.15, 0.2) is 18.2 Å². The van der Waals surface area contributed by atoms with E-state index in [1.165, 1.54) is 8.61 Å². The topological polar surface area (TPSA) is 64.0 Å². The molecule has 0 unspecified atom stereocenters. The molecule has 1 aromatic rings. The van der Waals surface area contributed by atoms with E-state index in [9.17, 15) is 13.9 Å². The van der Waals surface area contributed by atoms with Crippen LogP contribution >= 0.6 is 22.6 Å². The minimum Gasteiger partial charge on any atom is -0.294 e. The first-order valence-electron chi connectivity index (χ1n) is 6.83. The highest BCUT2D eigenvalue weighted by atomic mass is 35.5. The Morgan fingerprint density at radius 3 is 2.71 bits per heavy atom. The van der Waals surface area contributed by atoms with Crippen molar-refractivity contribution in [3.05, 3.63) is 29.3 Å². The normalized spacial score (nSPS) is 19.2. The van der Waals surface area contributed by atoms with Crippen molar-refractivity contribution in [1.82, 2.24) is 4.31 Å². The number of hydrogen-bond donors (Lipinski definition) is 2. The summed E-state index contributed by atoms with van der Waals surface area (Å²) < 4.78 is 23.1. The summed E-state index contributed by atoms with van der Waals surface area (Å²) in [4.78, 5) is 12.1. The molecule has 0 spiro atoms. The van der Waals surface area contributed by atoms with Gasteiger partial charge in [0.2, 0.25) is 0 Å². The number of nitrogens with zero attached hydrogens (tertiary/aromatic N) is 2. The lowest BCUT2D eigenvalue weighted by molar-refractivity contribution is 0.0980. The Labute approximate surface area is 132 Å². The fraction of sp³-hybridized carbons (Fsp3) is 0.500. The van der Waals surface area contributed by atoms with Crippen molar-refractivity contribution >= 4 is 34.0 Å². The lowest BCUT2D eigenvalue weighted by Crippen LogP contribution is -2.39. The Bertz CT molecular complexity index is 539. The number of benzene rings is 1. The number of anilines is 1. The van der Waals surface area contributed by atoms with Crippen molar-refractivity contribution in [2.45, 2.75) is 25.8 Å². The van der Waals surface area contributed by atoms with E-state index in [2.05, 4.69) is 0 Å². The molecule has 1 heterocycles. The van der Waals surface area contributed by atoms with Gasteiger partial charge in [-0.05, 0) is 36.6 Å². The van der Waals surface area contributed by atoms with Gasteiger partial charge in [-0.25, -0.2) is 0 Å². The van der Waals surface area contributed by atoms with Crippen LogP contribution in [0.2, 0.25) is 0 Å². The van der Waals surface area contributed by atoms with E-state index in [1.54, 1.807) is 26.2 Å². The molecule has 0 aliphatic carbocycles. The molecule has 2 N–H and O–H groups in total. The van der Waals surface area contributed by atoms with Gasteiger partial charge in [-0.1, -0.05) is 11.0 Å². The van der Waals surface area contributed by atoms with Crippen molar-refractivity contribution in [3.63, 3.8) is 0 Å². The molecule has 0 saturated heterocycles. The van der Waals surface area contributed by atoms with Gasteiger partial charge >= 0.3 is 0 Å². The quantitative estimate of drug-likeness (QED) is 0.488. The number of carbonyl (C=O) groups is 1. The van der Waals surface area contributed by atoms with Gasteiger partial charge in [0.1, 0.15) is 0 Å². The SMILES string of the molecule is CN1Cc2cc(C(=O)CCCCCl)ccc2N(C)S1(O)O. The van der Waals surface area contributed by atoms with Crippen molar-refractivity contribution in [2.24, 2.45) is 0 Å². The molecular formula is C14H21ClN2O3S. The molecule has 0 bridgehead atoms. The van der Waals surface area contributed by atoms with E-state index in [-0.39, 0.29) is 5.78 Å². The Balaban J connectivity index is 2.21. The van der Waals surface area contributed by atoms with Gasteiger partial charge in [0, 0.05) is 38.5 Å². The standard InChI is InChI=1S/C14H21ClN2O3S/c1-16-10-12-9-11(14(18)5-3-4-8-15)6-7-13(12)17(2)21(16,19)20/h6-7,9,19-20H,3-5,8,10H2,1-2H3. The third kappa shape index (κ3) is 3.35. The zero-order valence-corrected chi connectivity index (χ0v) is 13.8. The maximum absolute atomic E-state index is 12.1. The summed E-state index contributed by atoms with van der Waals surface area (Å²) in [6.45, 7) is 0.408. The van der Waals surface area contributed by atoms with E-state index in [4.69, 9.17) is 11.6 Å². The third-order valence-electron chi connectivity index (χ3n) is 3.71. The van der Waals surface area contributed by atoms with Gasteiger partial charge in [0.15, 0.2) is 5.78 Å². The van der Waals surface area contributed by atoms with Crippen molar-refractivity contribution in [2.75, 3.05) is 24.3 Å². The second-order valence-electron chi connectivity index (χ2n) is 5.19. The average Bonchev–Trinajstić information content (AvgIpc) is 2.45. The molecule has 0 atom stereocenters. The third-order valence-corrected chi connectivity index (χ3v) is 5.87. The van der Waals surface area contributed by atoms with Crippen molar-refractivity contribution < 1.29 is 13.9 Å². The maximum atomic E-state index is 12.1. The van der Waals surface area contributed by atoms with Crippen LogP contribution < -0.4 is 4.31 Å². The monoisotopic (exact) mass is 332 g/mol. The number of alkyl halides is 1. The number of rotatable bonds is 5. The van der Waals surface area contributed by atoms with Crippen LogP contribution in [-0.2, 0) is 6.54 Å². The minimum atomic E-state index is -2.94. The van der Waals surface area contributed by atoms with Gasteiger partial charge in [0.05, 0.1) is 5.69 Å². The zero-order valence-electron chi connectivity index (χ0n) is 12.3. The van der Waals surface area contributed by atoms with E-state index >= 15 is 0 Å². The van der Waals surface area contributed by atoms with Crippen LogP contribution in [0.5, 0.6) is 0 Å². The lowest BCUT2D eigenvalue weighted by Gasteiger charge is -2.51. The molecule has 0 radical (unpaired) electrons. The summed E-state index contributed by atoms with van der Waals surface area (Å²) in [5.74, 6) is 0.677. The first-order valence-corrected chi connectivity index (χ1v) is 8.83. The second kappa shape index (κ2) is 6.54. The Morgan fingerprint density at radius 2 is 2.05 bits per heavy atom. The summed E-state index contributed by atoms with van der Waals surface area (Å²) in [5.41, 5.74) is 2.35. The molecule has 0 amide bonds. The number of carbonyl (C=O) groups excluding carboxylic acids is 1. The minimum absolute atomic E-state index is 0.102. The number of unbranched alkanes of at least 4 members (excludes halogenated alkanes) is 1. The lowest BCUT2D eigenvalue weighted by atomic mass is 10.0. The Kier molecular flexibility index (Phi) is 5.16. The van der Waals surface area contributed by atoms with Crippen LogP contribution in [0, 0.1) is 0 Å². The summed E-state index contributed by atoms with van der Waals surface area (Å²) in [5, 5.41) is 0. The first kappa shape index (κ1) is 16.6. The summed E-state index contributed by atoms with van der Waals surface area (Å²) in [6, 6.07) is 5.38. The van der Waals surface area contributed by atoms with E-state index < -0.39 is 11.0 Å². The first-order chi connectivity index (χ1) is 9.87. The van der Waals surface area contributed by atoms with Crippen LogP contribution in [0.4, 0.5) is 5.69 Å². The zero-order chi connectivity index (χ0) is 15.6. The maximum Gasteiger partial charge on any atom is 0.162 e. The molecule has 21 heavy (non-hydrogen) atoms. The molecule has 1 aromatic carbocycles. The van der Waals surface area contributed by atoms with Gasteiger partial charge in [0.25, 0.3) is 0 Å². The molecule has 0 saturated carbocycles. The van der Waals surface area contributed by atoms with Gasteiger partial charge in [-0.2, -0.15) is 4.31 Å². The molecule has 0 aromatic heterocycles. The molecule has 5 nitrogen and oxygen atoms in total. The summed E-state index contributed by atoms with van der Waals surface area (Å²) >= 11 is 5.62. The largest absolute Gasteiger partial charge is 0.294 e. The fourth-order valence-corrected chi connectivity index (χ4v) is 3.75.